The van der Waals surface area contributed by atoms with Crippen molar-refractivity contribution < 1.29 is 18.0 Å². The van der Waals surface area contributed by atoms with Gasteiger partial charge in [-0.25, -0.2) is 13.2 Å². The van der Waals surface area contributed by atoms with Crippen LogP contribution >= 0.6 is 23.2 Å². The third-order valence-electron chi connectivity index (χ3n) is 6.78. The fourth-order valence-electron chi connectivity index (χ4n) is 4.62. The molecule has 0 spiro atoms. The average molecular weight is 569 g/mol. The van der Waals surface area contributed by atoms with Gasteiger partial charge >= 0.3 is 6.03 Å². The number of alkyl halides is 2. The molecule has 1 aromatic carbocycles. The van der Waals surface area contributed by atoms with Gasteiger partial charge in [0, 0.05) is 62.6 Å². The molecule has 0 radical (unpaired) electrons. The van der Waals surface area contributed by atoms with Gasteiger partial charge in [-0.1, -0.05) is 6.07 Å². The van der Waals surface area contributed by atoms with Gasteiger partial charge in [0.15, 0.2) is 0 Å². The molecule has 3 unspecified atom stereocenters. The fourth-order valence-corrected chi connectivity index (χ4v) is 6.65. The van der Waals surface area contributed by atoms with Crippen LogP contribution in [-0.2, 0) is 21.4 Å². The van der Waals surface area contributed by atoms with Crippen molar-refractivity contribution in [1.82, 2.24) is 19.5 Å². The van der Waals surface area contributed by atoms with Crippen LogP contribution in [0.5, 0.6) is 0 Å². The predicted molar refractivity (Wildman–Crippen MR) is 143 cm³/mol. The number of anilines is 1. The zero-order valence-corrected chi connectivity index (χ0v) is 22.7. The van der Waals surface area contributed by atoms with Crippen molar-refractivity contribution in [1.29, 1.82) is 0 Å². The van der Waals surface area contributed by atoms with Gasteiger partial charge in [0.05, 0.1) is 10.3 Å². The van der Waals surface area contributed by atoms with Crippen molar-refractivity contribution in [2.45, 2.75) is 47.9 Å². The second-order valence-corrected chi connectivity index (χ2v) is 12.5. The van der Waals surface area contributed by atoms with E-state index in [1.165, 1.54) is 16.4 Å². The normalized spacial score (nSPS) is 22.9. The van der Waals surface area contributed by atoms with Crippen LogP contribution in [0.1, 0.15) is 31.2 Å². The van der Waals surface area contributed by atoms with Gasteiger partial charge in [-0.3, -0.25) is 9.78 Å². The van der Waals surface area contributed by atoms with Crippen molar-refractivity contribution in [3.8, 4) is 0 Å². The summed E-state index contributed by atoms with van der Waals surface area (Å²) in [5.74, 6) is 0.257. The summed E-state index contributed by atoms with van der Waals surface area (Å²) in [4.78, 5) is 30.8. The van der Waals surface area contributed by atoms with Crippen LogP contribution in [0.25, 0.3) is 0 Å². The van der Waals surface area contributed by atoms with Gasteiger partial charge in [-0.05, 0) is 61.1 Å². The summed E-state index contributed by atoms with van der Waals surface area (Å²) in [5.41, 5.74) is 1.34. The van der Waals surface area contributed by atoms with Crippen molar-refractivity contribution in [3.63, 3.8) is 0 Å². The monoisotopic (exact) mass is 567 g/mol. The van der Waals surface area contributed by atoms with Gasteiger partial charge in [0.2, 0.25) is 15.9 Å². The summed E-state index contributed by atoms with van der Waals surface area (Å²) >= 11 is 12.5. The highest BCUT2D eigenvalue weighted by molar-refractivity contribution is 7.89. The van der Waals surface area contributed by atoms with Gasteiger partial charge in [0.1, 0.15) is 0 Å². The SMILES string of the molecule is O=C(NCc1cccnc1)Nc1ccc(S(=O)(=O)N2CCN(C(=O)CC3CCC(Cl)C(Cl)C3)CC2)cc1. The number of hydrogen-bond donors (Lipinski definition) is 2. The van der Waals surface area contributed by atoms with Gasteiger partial charge in [-0.15, -0.1) is 23.2 Å². The number of piperazine rings is 1. The Labute approximate surface area is 227 Å². The lowest BCUT2D eigenvalue weighted by Gasteiger charge is -2.35. The first-order valence-electron chi connectivity index (χ1n) is 12.3. The first kappa shape index (κ1) is 27.6. The standard InChI is InChI=1S/C25H31Cl2N5O4S/c26-22-8-3-18(14-23(22)27)15-24(33)31-10-12-32(13-11-31)37(35,36)21-6-4-20(5-7-21)30-25(34)29-17-19-2-1-9-28-16-19/h1-2,4-7,9,16,18,22-23H,3,8,10-15,17H2,(H2,29,30,34). The molecule has 3 atom stereocenters. The number of urea groups is 1. The molecule has 4 rings (SSSR count). The highest BCUT2D eigenvalue weighted by Crippen LogP contribution is 2.33. The number of benzene rings is 1. The molecule has 2 aliphatic rings. The molecule has 200 valence electrons. The summed E-state index contributed by atoms with van der Waals surface area (Å²) in [6.07, 6.45) is 6.16. The minimum atomic E-state index is -3.72. The number of carbonyl (C=O) groups excluding carboxylic acids is 2. The van der Waals surface area contributed by atoms with Gasteiger partial charge in [0.25, 0.3) is 0 Å². The van der Waals surface area contributed by atoms with E-state index < -0.39 is 16.1 Å². The second kappa shape index (κ2) is 12.4. The predicted octanol–water partition coefficient (Wildman–Crippen LogP) is 3.64. The third-order valence-corrected chi connectivity index (χ3v) is 9.83. The molecule has 37 heavy (non-hydrogen) atoms. The van der Waals surface area contributed by atoms with Crippen LogP contribution in [0.4, 0.5) is 10.5 Å². The lowest BCUT2D eigenvalue weighted by molar-refractivity contribution is -0.133. The van der Waals surface area contributed by atoms with E-state index >= 15 is 0 Å². The minimum Gasteiger partial charge on any atom is -0.340 e. The molecule has 1 aliphatic carbocycles. The number of aromatic nitrogens is 1. The molecule has 9 nitrogen and oxygen atoms in total. The van der Waals surface area contributed by atoms with Crippen molar-refractivity contribution in [3.05, 3.63) is 54.4 Å². The van der Waals surface area contributed by atoms with Crippen molar-refractivity contribution in [2.24, 2.45) is 5.92 Å². The van der Waals surface area contributed by atoms with Crippen LogP contribution in [0.3, 0.4) is 0 Å². The van der Waals surface area contributed by atoms with E-state index in [9.17, 15) is 18.0 Å². The lowest BCUT2D eigenvalue weighted by Crippen LogP contribution is -2.50. The summed E-state index contributed by atoms with van der Waals surface area (Å²) in [6.45, 7) is 1.49. The maximum absolute atomic E-state index is 13.1. The molecule has 1 aromatic heterocycles. The van der Waals surface area contributed by atoms with Crippen LogP contribution in [-0.4, -0.2) is 71.5 Å². The molecule has 2 heterocycles. The summed E-state index contributed by atoms with van der Waals surface area (Å²) in [5, 5.41) is 5.26. The van der Waals surface area contributed by atoms with E-state index in [4.69, 9.17) is 23.2 Å². The van der Waals surface area contributed by atoms with Crippen molar-refractivity contribution >= 4 is 50.9 Å². The quantitative estimate of drug-likeness (QED) is 0.496. The summed E-state index contributed by atoms with van der Waals surface area (Å²) in [7, 11) is -3.72. The number of sulfonamides is 1. The van der Waals surface area contributed by atoms with Crippen LogP contribution in [0.15, 0.2) is 53.7 Å². The molecule has 1 saturated heterocycles. The Morgan fingerprint density at radius 3 is 2.38 bits per heavy atom. The van der Waals surface area contributed by atoms with E-state index in [2.05, 4.69) is 15.6 Å². The molecule has 3 amide bonds. The number of halogens is 2. The first-order valence-corrected chi connectivity index (χ1v) is 14.6. The average Bonchev–Trinajstić information content (AvgIpc) is 2.90. The Bertz CT molecular complexity index is 1180. The molecular formula is C25H31Cl2N5O4S. The molecule has 2 fully saturated rings. The second-order valence-electron chi connectivity index (χ2n) is 9.39. The number of pyridine rings is 1. The molecule has 2 aromatic rings. The number of nitrogens with zero attached hydrogens (tertiary/aromatic N) is 3. The number of amides is 3. The molecule has 0 bridgehead atoms. The Balaban J connectivity index is 1.25. The molecule has 12 heteroatoms. The van der Waals surface area contributed by atoms with E-state index in [0.29, 0.717) is 31.7 Å². The van der Waals surface area contributed by atoms with E-state index in [1.54, 1.807) is 35.5 Å². The van der Waals surface area contributed by atoms with Crippen LogP contribution < -0.4 is 10.6 Å². The van der Waals surface area contributed by atoms with Crippen LogP contribution in [0, 0.1) is 5.92 Å². The minimum absolute atomic E-state index is 0.0381. The van der Waals surface area contributed by atoms with E-state index in [1.807, 2.05) is 6.07 Å². The highest BCUT2D eigenvalue weighted by Gasteiger charge is 2.33. The Morgan fingerprint density at radius 1 is 1.00 bits per heavy atom. The fraction of sp³-hybridized carbons (Fsp3) is 0.480. The smallest absolute Gasteiger partial charge is 0.319 e. The lowest BCUT2D eigenvalue weighted by atomic mass is 9.86. The number of nitrogens with one attached hydrogen (secondary N) is 2. The largest absolute Gasteiger partial charge is 0.340 e. The number of rotatable bonds is 7. The maximum Gasteiger partial charge on any atom is 0.319 e. The third kappa shape index (κ3) is 7.34. The van der Waals surface area contributed by atoms with Gasteiger partial charge < -0.3 is 15.5 Å². The molecule has 1 aliphatic heterocycles. The van der Waals surface area contributed by atoms with E-state index in [-0.39, 0.29) is 40.6 Å². The maximum atomic E-state index is 13.1. The summed E-state index contributed by atoms with van der Waals surface area (Å²) in [6, 6.07) is 9.28. The zero-order valence-electron chi connectivity index (χ0n) is 20.4. The van der Waals surface area contributed by atoms with E-state index in [0.717, 1.165) is 24.8 Å². The van der Waals surface area contributed by atoms with Crippen LogP contribution in [0.2, 0.25) is 0 Å². The highest BCUT2D eigenvalue weighted by atomic mass is 35.5. The van der Waals surface area contributed by atoms with Gasteiger partial charge in [-0.2, -0.15) is 4.31 Å². The molecular weight excluding hydrogens is 537 g/mol. The Morgan fingerprint density at radius 2 is 1.73 bits per heavy atom. The Kier molecular flexibility index (Phi) is 9.28. The molecule has 1 saturated carbocycles. The molecule has 2 N–H and O–H groups in total. The number of hydrogen-bond acceptors (Lipinski definition) is 5. The topological polar surface area (TPSA) is 112 Å². The van der Waals surface area contributed by atoms with Crippen molar-refractivity contribution in [2.75, 3.05) is 31.5 Å². The zero-order chi connectivity index (χ0) is 26.4. The summed E-state index contributed by atoms with van der Waals surface area (Å²) < 4.78 is 27.7. The first-order chi connectivity index (χ1) is 17.7. The number of carbonyl (C=O) groups is 2. The Hall–Kier alpha value is -2.40.